The number of ketones is 2. The molecule has 1 fully saturated rings. The number of H-pyrrole nitrogens is 1. The average Bonchev–Trinajstić information content (AvgIpc) is 3.10. The van der Waals surface area contributed by atoms with Crippen LogP contribution in [-0.4, -0.2) is 66.9 Å². The van der Waals surface area contributed by atoms with Crippen molar-refractivity contribution in [2.75, 3.05) is 32.7 Å². The van der Waals surface area contributed by atoms with Crippen molar-refractivity contribution >= 4 is 27.7 Å². The number of hydrogen-bond donors (Lipinski definition) is 1. The minimum absolute atomic E-state index is 0.0490. The second-order valence-electron chi connectivity index (χ2n) is 7.75. The molecule has 1 aliphatic heterocycles. The summed E-state index contributed by atoms with van der Waals surface area (Å²) in [5, 5.41) is 1.24. The molecule has 1 aromatic heterocycles. The third-order valence-electron chi connectivity index (χ3n) is 5.57. The molecule has 3 rings (SSSR count). The maximum atomic E-state index is 12.9. The van der Waals surface area contributed by atoms with Crippen LogP contribution in [0.4, 0.5) is 0 Å². The van der Waals surface area contributed by atoms with Crippen LogP contribution in [0.15, 0.2) is 35.7 Å². The minimum atomic E-state index is -3.51. The van der Waals surface area contributed by atoms with Gasteiger partial charge in [-0.2, -0.15) is 4.31 Å². The monoisotopic (exact) mass is 443 g/mol. The summed E-state index contributed by atoms with van der Waals surface area (Å²) in [6.45, 7) is 7.05. The zero-order chi connectivity index (χ0) is 22.6. The van der Waals surface area contributed by atoms with Crippen LogP contribution in [0.25, 0.3) is 6.08 Å². The van der Waals surface area contributed by atoms with Crippen LogP contribution in [0, 0.1) is 6.92 Å². The third kappa shape index (κ3) is 5.39. The molecule has 2 heterocycles. The summed E-state index contributed by atoms with van der Waals surface area (Å²) < 4.78 is 26.7. The number of nitrogens with one attached hydrogen (secondary N) is 1. The Labute approximate surface area is 183 Å². The van der Waals surface area contributed by atoms with Gasteiger partial charge < -0.3 is 4.98 Å². The van der Waals surface area contributed by atoms with E-state index in [2.05, 4.69) is 4.98 Å². The van der Waals surface area contributed by atoms with Crippen molar-refractivity contribution in [3.8, 4) is 0 Å². The summed E-state index contributed by atoms with van der Waals surface area (Å²) in [6.07, 6.45) is 2.19. The number of Topliss-reactive ketones (excluding diaryl/α,β-unsaturated/α-hetero) is 2. The lowest BCUT2D eigenvalue weighted by Gasteiger charge is -2.32. The minimum Gasteiger partial charge on any atom is -0.355 e. The summed E-state index contributed by atoms with van der Waals surface area (Å²) in [5.74, 6) is -0.125. The molecule has 1 saturated heterocycles. The molecule has 31 heavy (non-hydrogen) atoms. The summed E-state index contributed by atoms with van der Waals surface area (Å²) >= 11 is 0. The van der Waals surface area contributed by atoms with Gasteiger partial charge in [0.05, 0.1) is 12.2 Å². The van der Waals surface area contributed by atoms with E-state index in [1.165, 1.54) is 16.6 Å². The molecular weight excluding hydrogens is 414 g/mol. The van der Waals surface area contributed by atoms with Crippen molar-refractivity contribution in [3.05, 3.63) is 63.8 Å². The number of nitrogens with zero attached hydrogens (tertiary/aromatic N) is 2. The summed E-state index contributed by atoms with van der Waals surface area (Å²) in [6, 6.07) is 9.29. The van der Waals surface area contributed by atoms with Crippen LogP contribution < -0.4 is 0 Å². The van der Waals surface area contributed by atoms with Crippen molar-refractivity contribution in [2.24, 2.45) is 0 Å². The highest BCUT2D eigenvalue weighted by molar-refractivity contribution is 7.92. The Kier molecular flexibility index (Phi) is 7.25. The Hall–Kier alpha value is -2.55. The molecule has 8 heteroatoms. The van der Waals surface area contributed by atoms with E-state index in [0.717, 1.165) is 11.1 Å². The molecule has 1 N–H and O–H groups in total. The van der Waals surface area contributed by atoms with Crippen LogP contribution in [0.2, 0.25) is 0 Å². The lowest BCUT2D eigenvalue weighted by atomic mass is 10.0. The number of aryl methyl sites for hydroxylation is 1. The number of aromatic amines is 1. The second kappa shape index (κ2) is 9.72. The fraction of sp³-hybridized carbons (Fsp3) is 0.391. The third-order valence-corrected chi connectivity index (χ3v) is 7.13. The quantitative estimate of drug-likeness (QED) is 0.634. The number of hydrogen-bond acceptors (Lipinski definition) is 5. The maximum Gasteiger partial charge on any atom is 0.236 e. The molecule has 2 aromatic rings. The van der Waals surface area contributed by atoms with Crippen LogP contribution in [0.1, 0.15) is 51.5 Å². The molecule has 1 aliphatic rings. The van der Waals surface area contributed by atoms with Crippen LogP contribution in [0.3, 0.4) is 0 Å². The van der Waals surface area contributed by atoms with Gasteiger partial charge in [0.15, 0.2) is 11.6 Å². The topological polar surface area (TPSA) is 90.6 Å². The van der Waals surface area contributed by atoms with Gasteiger partial charge in [0.1, 0.15) is 0 Å². The van der Waals surface area contributed by atoms with Crippen LogP contribution in [0.5, 0.6) is 0 Å². The highest BCUT2D eigenvalue weighted by Gasteiger charge is 2.28. The van der Waals surface area contributed by atoms with Crippen LogP contribution >= 0.6 is 0 Å². The highest BCUT2D eigenvalue weighted by atomic mass is 32.2. The van der Waals surface area contributed by atoms with E-state index in [4.69, 9.17) is 0 Å². The van der Waals surface area contributed by atoms with Crippen molar-refractivity contribution in [1.29, 1.82) is 0 Å². The Bertz CT molecular complexity index is 1080. The fourth-order valence-corrected chi connectivity index (χ4v) is 5.16. The van der Waals surface area contributed by atoms with Crippen molar-refractivity contribution in [2.45, 2.75) is 27.2 Å². The van der Waals surface area contributed by atoms with Gasteiger partial charge in [0, 0.05) is 42.8 Å². The summed E-state index contributed by atoms with van der Waals surface area (Å²) in [4.78, 5) is 29.9. The number of carbonyl (C=O) groups is 2. The van der Waals surface area contributed by atoms with E-state index in [1.807, 2.05) is 42.2 Å². The SMILES string of the molecule is CCc1c(C(=O)CN2CCN(S(=O)(=O)/C=C/c3ccccc3)CC2)[nH]c(C)c1C(C)=O. The number of carbonyl (C=O) groups excluding carboxylic acids is 2. The van der Waals surface area contributed by atoms with Gasteiger partial charge in [0.25, 0.3) is 0 Å². The molecule has 1 aromatic carbocycles. The number of benzene rings is 1. The zero-order valence-electron chi connectivity index (χ0n) is 18.2. The van der Waals surface area contributed by atoms with Gasteiger partial charge in [-0.1, -0.05) is 37.3 Å². The Morgan fingerprint density at radius 1 is 1.10 bits per heavy atom. The van der Waals surface area contributed by atoms with E-state index < -0.39 is 10.0 Å². The lowest BCUT2D eigenvalue weighted by Crippen LogP contribution is -2.49. The van der Waals surface area contributed by atoms with E-state index in [9.17, 15) is 18.0 Å². The predicted octanol–water partition coefficient (Wildman–Crippen LogP) is 2.89. The fourth-order valence-electron chi connectivity index (χ4n) is 3.98. The van der Waals surface area contributed by atoms with Crippen molar-refractivity contribution < 1.29 is 18.0 Å². The largest absolute Gasteiger partial charge is 0.355 e. The second-order valence-corrected chi connectivity index (χ2v) is 9.56. The van der Waals surface area contributed by atoms with Crippen LogP contribution in [-0.2, 0) is 16.4 Å². The van der Waals surface area contributed by atoms with E-state index in [1.54, 1.807) is 13.0 Å². The Balaban J connectivity index is 1.61. The van der Waals surface area contributed by atoms with Gasteiger partial charge in [0.2, 0.25) is 10.0 Å². The number of aromatic nitrogens is 1. The maximum absolute atomic E-state index is 12.9. The van der Waals surface area contributed by atoms with Crippen molar-refractivity contribution in [1.82, 2.24) is 14.2 Å². The predicted molar refractivity (Wildman–Crippen MR) is 122 cm³/mol. The molecule has 0 aliphatic carbocycles. The molecule has 0 saturated carbocycles. The molecule has 0 radical (unpaired) electrons. The molecular formula is C23H29N3O4S. The molecule has 7 nitrogen and oxygen atoms in total. The summed E-state index contributed by atoms with van der Waals surface area (Å²) in [5.41, 5.74) is 3.40. The number of sulfonamides is 1. The van der Waals surface area contributed by atoms with Gasteiger partial charge in [-0.15, -0.1) is 0 Å². The Morgan fingerprint density at radius 2 is 1.74 bits per heavy atom. The van der Waals surface area contributed by atoms with E-state index >= 15 is 0 Å². The molecule has 0 atom stereocenters. The van der Waals surface area contributed by atoms with Gasteiger partial charge in [-0.05, 0) is 37.5 Å². The molecule has 0 amide bonds. The van der Waals surface area contributed by atoms with Crippen molar-refractivity contribution in [3.63, 3.8) is 0 Å². The molecule has 166 valence electrons. The normalized spacial score (nSPS) is 16.1. The molecule has 0 unspecified atom stereocenters. The van der Waals surface area contributed by atoms with Gasteiger partial charge >= 0.3 is 0 Å². The first-order chi connectivity index (χ1) is 14.7. The first kappa shape index (κ1) is 23.1. The smallest absolute Gasteiger partial charge is 0.236 e. The molecule has 0 spiro atoms. The molecule has 0 bridgehead atoms. The first-order valence-corrected chi connectivity index (χ1v) is 11.9. The number of piperazine rings is 1. The summed E-state index contributed by atoms with van der Waals surface area (Å²) in [7, 11) is -3.51. The Morgan fingerprint density at radius 3 is 2.32 bits per heavy atom. The lowest BCUT2D eigenvalue weighted by molar-refractivity contribution is 0.0896. The average molecular weight is 444 g/mol. The van der Waals surface area contributed by atoms with Gasteiger partial charge in [-0.3, -0.25) is 14.5 Å². The first-order valence-electron chi connectivity index (χ1n) is 10.4. The zero-order valence-corrected chi connectivity index (χ0v) is 19.0. The van der Waals surface area contributed by atoms with Gasteiger partial charge in [-0.25, -0.2) is 8.42 Å². The van der Waals surface area contributed by atoms with E-state index in [-0.39, 0.29) is 18.1 Å². The van der Waals surface area contributed by atoms with E-state index in [0.29, 0.717) is 49.6 Å². The highest BCUT2D eigenvalue weighted by Crippen LogP contribution is 2.21. The standard InChI is InChI=1S/C23H29N3O4S/c1-4-20-22(18(3)27)17(2)24-23(20)21(28)16-25-11-13-26(14-12-25)31(29,30)15-10-19-8-6-5-7-9-19/h5-10,15,24H,4,11-14,16H2,1-3H3/b15-10+. The number of rotatable bonds is 8.